The second-order valence-electron chi connectivity index (χ2n) is 3.34. The number of rotatable bonds is 1. The van der Waals surface area contributed by atoms with Gasteiger partial charge in [0.05, 0.1) is 4.47 Å². The highest BCUT2D eigenvalue weighted by atomic mass is 79.9. The van der Waals surface area contributed by atoms with Gasteiger partial charge in [0.15, 0.2) is 0 Å². The van der Waals surface area contributed by atoms with Gasteiger partial charge in [0, 0.05) is 5.56 Å². The molecular formula is C11H9BrFNO. The molecular weight excluding hydrogens is 261 g/mol. The van der Waals surface area contributed by atoms with E-state index >= 15 is 0 Å². The molecule has 15 heavy (non-hydrogen) atoms. The lowest BCUT2D eigenvalue weighted by molar-refractivity contribution is 0.398. The molecule has 0 aliphatic heterocycles. The molecule has 0 saturated carbocycles. The van der Waals surface area contributed by atoms with Crippen LogP contribution >= 0.6 is 15.9 Å². The minimum absolute atomic E-state index is 0.258. The number of aryl methyl sites for hydroxylation is 2. The third kappa shape index (κ3) is 1.69. The van der Waals surface area contributed by atoms with Gasteiger partial charge in [-0.15, -0.1) is 0 Å². The molecule has 0 aliphatic carbocycles. The summed E-state index contributed by atoms with van der Waals surface area (Å²) in [6, 6.07) is 5.20. The van der Waals surface area contributed by atoms with E-state index in [1.807, 2.05) is 0 Å². The van der Waals surface area contributed by atoms with Gasteiger partial charge in [-0.1, -0.05) is 17.3 Å². The van der Waals surface area contributed by atoms with E-state index in [4.69, 9.17) is 4.52 Å². The standard InChI is InChI=1S/C11H9BrFNO/c1-6-4-3-5-8(10(6)13)11-9(12)7(2)15-14-11/h3-5H,1-2H3. The van der Waals surface area contributed by atoms with E-state index in [9.17, 15) is 4.39 Å². The Kier molecular flexibility index (Phi) is 2.61. The number of hydrogen-bond donors (Lipinski definition) is 0. The molecule has 0 amide bonds. The molecule has 0 N–H and O–H groups in total. The van der Waals surface area contributed by atoms with Crippen molar-refractivity contribution in [1.29, 1.82) is 0 Å². The highest BCUT2D eigenvalue weighted by Crippen LogP contribution is 2.32. The van der Waals surface area contributed by atoms with Gasteiger partial charge in [0.25, 0.3) is 0 Å². The lowest BCUT2D eigenvalue weighted by Crippen LogP contribution is -1.88. The van der Waals surface area contributed by atoms with Crippen LogP contribution in [0.3, 0.4) is 0 Å². The van der Waals surface area contributed by atoms with E-state index < -0.39 is 0 Å². The first-order chi connectivity index (χ1) is 7.11. The molecule has 4 heteroatoms. The summed E-state index contributed by atoms with van der Waals surface area (Å²) >= 11 is 3.32. The molecule has 0 spiro atoms. The predicted octanol–water partition coefficient (Wildman–Crippen LogP) is 3.86. The Morgan fingerprint density at radius 1 is 1.33 bits per heavy atom. The van der Waals surface area contributed by atoms with Crippen molar-refractivity contribution in [3.05, 3.63) is 39.8 Å². The topological polar surface area (TPSA) is 26.0 Å². The summed E-state index contributed by atoms with van der Waals surface area (Å²) in [6.45, 7) is 3.49. The van der Waals surface area contributed by atoms with Crippen LogP contribution in [0.5, 0.6) is 0 Å². The normalized spacial score (nSPS) is 10.7. The molecule has 1 heterocycles. The van der Waals surface area contributed by atoms with Crippen molar-refractivity contribution in [2.75, 3.05) is 0 Å². The fourth-order valence-corrected chi connectivity index (χ4v) is 1.72. The Morgan fingerprint density at radius 2 is 2.07 bits per heavy atom. The van der Waals surface area contributed by atoms with Crippen LogP contribution in [-0.2, 0) is 0 Å². The van der Waals surface area contributed by atoms with Crippen molar-refractivity contribution < 1.29 is 8.91 Å². The number of benzene rings is 1. The maximum atomic E-state index is 13.8. The van der Waals surface area contributed by atoms with Crippen LogP contribution in [0.15, 0.2) is 27.2 Å². The van der Waals surface area contributed by atoms with Crippen LogP contribution in [0.25, 0.3) is 11.3 Å². The zero-order chi connectivity index (χ0) is 11.0. The lowest BCUT2D eigenvalue weighted by Gasteiger charge is -2.01. The third-order valence-electron chi connectivity index (χ3n) is 2.24. The molecule has 2 nitrogen and oxygen atoms in total. The molecule has 1 aromatic carbocycles. The summed E-state index contributed by atoms with van der Waals surface area (Å²) in [5.41, 5.74) is 1.56. The Bertz CT molecular complexity index is 507. The first-order valence-electron chi connectivity index (χ1n) is 4.48. The number of hydrogen-bond acceptors (Lipinski definition) is 2. The van der Waals surface area contributed by atoms with Crippen LogP contribution in [0.2, 0.25) is 0 Å². The Labute approximate surface area is 95.2 Å². The summed E-state index contributed by atoms with van der Waals surface area (Å²) in [6.07, 6.45) is 0. The van der Waals surface area contributed by atoms with Crippen molar-refractivity contribution in [2.24, 2.45) is 0 Å². The smallest absolute Gasteiger partial charge is 0.148 e. The van der Waals surface area contributed by atoms with Crippen LogP contribution in [0, 0.1) is 19.7 Å². The Morgan fingerprint density at radius 3 is 2.67 bits per heavy atom. The summed E-state index contributed by atoms with van der Waals surface area (Å²) in [7, 11) is 0. The number of nitrogens with zero attached hydrogens (tertiary/aromatic N) is 1. The predicted molar refractivity (Wildman–Crippen MR) is 59.1 cm³/mol. The first-order valence-corrected chi connectivity index (χ1v) is 5.28. The summed E-state index contributed by atoms with van der Waals surface area (Å²) < 4.78 is 19.5. The van der Waals surface area contributed by atoms with E-state index in [0.717, 1.165) is 0 Å². The van der Waals surface area contributed by atoms with E-state index in [1.165, 1.54) is 0 Å². The molecule has 0 bridgehead atoms. The zero-order valence-corrected chi connectivity index (χ0v) is 9.93. The quantitative estimate of drug-likeness (QED) is 0.786. The molecule has 2 aromatic rings. The van der Waals surface area contributed by atoms with Crippen LogP contribution in [0.1, 0.15) is 11.3 Å². The van der Waals surface area contributed by atoms with E-state index in [1.54, 1.807) is 32.0 Å². The van der Waals surface area contributed by atoms with Gasteiger partial charge in [-0.3, -0.25) is 0 Å². The lowest BCUT2D eigenvalue weighted by atomic mass is 10.1. The van der Waals surface area contributed by atoms with Gasteiger partial charge < -0.3 is 4.52 Å². The average molecular weight is 270 g/mol. The minimum atomic E-state index is -0.258. The zero-order valence-electron chi connectivity index (χ0n) is 8.34. The monoisotopic (exact) mass is 269 g/mol. The molecule has 1 aromatic heterocycles. The van der Waals surface area contributed by atoms with Crippen molar-refractivity contribution >= 4 is 15.9 Å². The highest BCUT2D eigenvalue weighted by molar-refractivity contribution is 9.10. The second kappa shape index (κ2) is 3.77. The molecule has 0 unspecified atom stereocenters. The van der Waals surface area contributed by atoms with Gasteiger partial charge in [-0.2, -0.15) is 0 Å². The molecule has 0 atom stereocenters. The average Bonchev–Trinajstić information content (AvgIpc) is 2.53. The van der Waals surface area contributed by atoms with Crippen molar-refractivity contribution in [3.63, 3.8) is 0 Å². The van der Waals surface area contributed by atoms with Crippen LogP contribution < -0.4 is 0 Å². The van der Waals surface area contributed by atoms with Gasteiger partial charge >= 0.3 is 0 Å². The summed E-state index contributed by atoms with van der Waals surface area (Å²) in [5, 5.41) is 3.83. The Balaban J connectivity index is 2.64. The van der Waals surface area contributed by atoms with Crippen molar-refractivity contribution in [2.45, 2.75) is 13.8 Å². The van der Waals surface area contributed by atoms with Gasteiger partial charge in [0.1, 0.15) is 17.3 Å². The second-order valence-corrected chi connectivity index (χ2v) is 4.13. The summed E-state index contributed by atoms with van der Waals surface area (Å²) in [4.78, 5) is 0. The summed E-state index contributed by atoms with van der Waals surface area (Å²) in [5.74, 6) is 0.386. The van der Waals surface area contributed by atoms with Crippen LogP contribution in [0.4, 0.5) is 4.39 Å². The largest absolute Gasteiger partial charge is 0.360 e. The van der Waals surface area contributed by atoms with Crippen molar-refractivity contribution in [1.82, 2.24) is 5.16 Å². The fourth-order valence-electron chi connectivity index (χ4n) is 1.36. The molecule has 0 saturated heterocycles. The maximum Gasteiger partial charge on any atom is 0.148 e. The first kappa shape index (κ1) is 10.4. The molecule has 78 valence electrons. The van der Waals surface area contributed by atoms with E-state index in [0.29, 0.717) is 27.1 Å². The van der Waals surface area contributed by atoms with Crippen LogP contribution in [-0.4, -0.2) is 5.16 Å². The minimum Gasteiger partial charge on any atom is -0.360 e. The molecule has 0 fully saturated rings. The van der Waals surface area contributed by atoms with Gasteiger partial charge in [-0.05, 0) is 41.4 Å². The van der Waals surface area contributed by atoms with Gasteiger partial charge in [0.2, 0.25) is 0 Å². The fraction of sp³-hybridized carbons (Fsp3) is 0.182. The van der Waals surface area contributed by atoms with Crippen molar-refractivity contribution in [3.8, 4) is 11.3 Å². The highest BCUT2D eigenvalue weighted by Gasteiger charge is 2.16. The van der Waals surface area contributed by atoms with E-state index in [-0.39, 0.29) is 5.82 Å². The molecule has 2 rings (SSSR count). The SMILES string of the molecule is Cc1cccc(-c2noc(C)c2Br)c1F. The Hall–Kier alpha value is -1.16. The number of aromatic nitrogens is 1. The van der Waals surface area contributed by atoms with E-state index in [2.05, 4.69) is 21.1 Å². The molecule has 0 aliphatic rings. The third-order valence-corrected chi connectivity index (χ3v) is 3.17. The number of halogens is 2. The van der Waals surface area contributed by atoms with Gasteiger partial charge in [-0.25, -0.2) is 4.39 Å². The maximum absolute atomic E-state index is 13.8. The molecule has 0 radical (unpaired) electrons.